The topological polar surface area (TPSA) is 22.0 Å². The summed E-state index contributed by atoms with van der Waals surface area (Å²) in [6.07, 6.45) is 0.789. The third-order valence-corrected chi connectivity index (χ3v) is 2.59. The monoisotopic (exact) mass is 187 g/mol. The number of aromatic nitrogens is 1. The van der Waals surface area contributed by atoms with Gasteiger partial charge in [0.05, 0.1) is 5.52 Å². The molecule has 0 aliphatic carbocycles. The van der Waals surface area contributed by atoms with Crippen LogP contribution in [0.2, 0.25) is 0 Å². The Morgan fingerprint density at radius 3 is 2.71 bits per heavy atom. The zero-order valence-corrected chi connectivity index (χ0v) is 8.45. The maximum Gasteiger partial charge on any atom is 0.253 e. The number of hydrogen-bond acceptors (Lipinski definition) is 1. The Balaban J connectivity index is 2.92. The fourth-order valence-electron chi connectivity index (χ4n) is 1.74. The predicted molar refractivity (Wildman–Crippen MR) is 58.6 cm³/mol. The van der Waals surface area contributed by atoms with Gasteiger partial charge in [0, 0.05) is 12.6 Å². The molecule has 72 valence electrons. The van der Waals surface area contributed by atoms with E-state index in [1.165, 1.54) is 0 Å². The van der Waals surface area contributed by atoms with Gasteiger partial charge in [0.2, 0.25) is 0 Å². The van der Waals surface area contributed by atoms with Gasteiger partial charge >= 0.3 is 0 Å². The van der Waals surface area contributed by atoms with Gasteiger partial charge in [-0.2, -0.15) is 0 Å². The molecule has 0 saturated heterocycles. The van der Waals surface area contributed by atoms with E-state index in [2.05, 4.69) is 0 Å². The quantitative estimate of drug-likeness (QED) is 0.670. The van der Waals surface area contributed by atoms with Gasteiger partial charge in [0.1, 0.15) is 0 Å². The molecule has 2 rings (SSSR count). The van der Waals surface area contributed by atoms with Crippen LogP contribution in [0.5, 0.6) is 0 Å². The van der Waals surface area contributed by atoms with E-state index >= 15 is 0 Å². The minimum atomic E-state index is 0.117. The van der Waals surface area contributed by atoms with Crippen LogP contribution in [0.4, 0.5) is 0 Å². The van der Waals surface area contributed by atoms with Crippen LogP contribution < -0.4 is 5.56 Å². The SMILES string of the molecule is CCc1cc2ccccc2n(C)c1=O. The highest BCUT2D eigenvalue weighted by atomic mass is 16.1. The van der Waals surface area contributed by atoms with Gasteiger partial charge in [0.15, 0.2) is 0 Å². The molecular weight excluding hydrogens is 174 g/mol. The fourth-order valence-corrected chi connectivity index (χ4v) is 1.74. The Morgan fingerprint density at radius 1 is 1.29 bits per heavy atom. The molecule has 0 aliphatic rings. The van der Waals surface area contributed by atoms with Crippen LogP contribution in [-0.2, 0) is 13.5 Å². The third-order valence-electron chi connectivity index (χ3n) is 2.59. The number of rotatable bonds is 1. The zero-order valence-electron chi connectivity index (χ0n) is 8.45. The molecule has 0 N–H and O–H groups in total. The van der Waals surface area contributed by atoms with Crippen LogP contribution in [0.3, 0.4) is 0 Å². The first-order valence-corrected chi connectivity index (χ1v) is 4.81. The Bertz CT molecular complexity index is 525. The summed E-state index contributed by atoms with van der Waals surface area (Å²) in [4.78, 5) is 11.8. The lowest BCUT2D eigenvalue weighted by Gasteiger charge is -2.06. The molecule has 0 unspecified atom stereocenters. The van der Waals surface area contributed by atoms with Crippen LogP contribution in [0.25, 0.3) is 10.9 Å². The summed E-state index contributed by atoms with van der Waals surface area (Å²) in [5.74, 6) is 0. The lowest BCUT2D eigenvalue weighted by Crippen LogP contribution is -2.20. The van der Waals surface area contributed by atoms with Crippen molar-refractivity contribution >= 4 is 10.9 Å². The molecule has 2 aromatic rings. The molecule has 0 bridgehead atoms. The highest BCUT2D eigenvalue weighted by Crippen LogP contribution is 2.12. The number of pyridine rings is 1. The predicted octanol–water partition coefficient (Wildman–Crippen LogP) is 2.10. The van der Waals surface area contributed by atoms with Crippen LogP contribution in [0, 0.1) is 0 Å². The average molecular weight is 187 g/mol. The third kappa shape index (κ3) is 1.23. The van der Waals surface area contributed by atoms with E-state index in [0.717, 1.165) is 22.9 Å². The van der Waals surface area contributed by atoms with Gasteiger partial charge in [-0.05, 0) is 23.9 Å². The van der Waals surface area contributed by atoms with E-state index in [9.17, 15) is 4.79 Å². The minimum Gasteiger partial charge on any atom is -0.311 e. The first kappa shape index (κ1) is 9.00. The summed E-state index contributed by atoms with van der Waals surface area (Å²) in [5, 5.41) is 1.13. The van der Waals surface area contributed by atoms with Crippen LogP contribution in [0.1, 0.15) is 12.5 Å². The molecule has 0 aliphatic heterocycles. The van der Waals surface area contributed by atoms with Crippen molar-refractivity contribution in [1.29, 1.82) is 0 Å². The van der Waals surface area contributed by atoms with E-state index in [1.54, 1.807) is 4.57 Å². The lowest BCUT2D eigenvalue weighted by atomic mass is 10.1. The van der Waals surface area contributed by atoms with Crippen molar-refractivity contribution in [3.63, 3.8) is 0 Å². The average Bonchev–Trinajstić information content (AvgIpc) is 2.23. The number of hydrogen-bond donors (Lipinski definition) is 0. The molecule has 1 aromatic carbocycles. The molecule has 2 heteroatoms. The highest BCUT2D eigenvalue weighted by molar-refractivity contribution is 5.79. The summed E-state index contributed by atoms with van der Waals surface area (Å²) in [6.45, 7) is 2.01. The Labute approximate surface area is 82.8 Å². The first-order chi connectivity index (χ1) is 6.74. The highest BCUT2D eigenvalue weighted by Gasteiger charge is 2.03. The number of para-hydroxylation sites is 1. The van der Waals surface area contributed by atoms with Crippen molar-refractivity contribution in [3.8, 4) is 0 Å². The van der Waals surface area contributed by atoms with Crippen molar-refractivity contribution in [2.45, 2.75) is 13.3 Å². The van der Waals surface area contributed by atoms with Crippen molar-refractivity contribution in [2.75, 3.05) is 0 Å². The smallest absolute Gasteiger partial charge is 0.253 e. The van der Waals surface area contributed by atoms with Gasteiger partial charge < -0.3 is 4.57 Å². The largest absolute Gasteiger partial charge is 0.311 e. The van der Waals surface area contributed by atoms with Crippen molar-refractivity contribution < 1.29 is 0 Å². The molecule has 0 fully saturated rings. The second-order valence-electron chi connectivity index (χ2n) is 3.45. The maximum absolute atomic E-state index is 11.8. The minimum absolute atomic E-state index is 0.117. The molecule has 2 nitrogen and oxygen atoms in total. The molecule has 14 heavy (non-hydrogen) atoms. The molecule has 0 saturated carbocycles. The van der Waals surface area contributed by atoms with Crippen molar-refractivity contribution in [2.24, 2.45) is 7.05 Å². The van der Waals surface area contributed by atoms with E-state index in [1.807, 2.05) is 44.3 Å². The molecule has 0 amide bonds. The number of aryl methyl sites for hydroxylation is 2. The molecule has 0 radical (unpaired) electrons. The summed E-state index contributed by atoms with van der Waals surface area (Å²) < 4.78 is 1.72. The fraction of sp³-hybridized carbons (Fsp3) is 0.250. The number of nitrogens with zero attached hydrogens (tertiary/aromatic N) is 1. The normalized spacial score (nSPS) is 10.7. The molecule has 0 spiro atoms. The molecule has 1 heterocycles. The summed E-state index contributed by atoms with van der Waals surface area (Å²) in [5.41, 5.74) is 1.99. The van der Waals surface area contributed by atoms with Gasteiger partial charge in [-0.25, -0.2) is 0 Å². The molecule has 1 aromatic heterocycles. The molecular formula is C12H13NO. The van der Waals surface area contributed by atoms with Gasteiger partial charge in [0.25, 0.3) is 5.56 Å². The van der Waals surface area contributed by atoms with Crippen LogP contribution in [0.15, 0.2) is 35.1 Å². The van der Waals surface area contributed by atoms with Gasteiger partial charge in [-0.15, -0.1) is 0 Å². The second-order valence-corrected chi connectivity index (χ2v) is 3.45. The Kier molecular flexibility index (Phi) is 2.12. The first-order valence-electron chi connectivity index (χ1n) is 4.81. The van der Waals surface area contributed by atoms with E-state index in [-0.39, 0.29) is 5.56 Å². The van der Waals surface area contributed by atoms with Gasteiger partial charge in [-0.3, -0.25) is 4.79 Å². The van der Waals surface area contributed by atoms with Gasteiger partial charge in [-0.1, -0.05) is 25.1 Å². The molecule has 0 atom stereocenters. The summed E-state index contributed by atoms with van der Waals surface area (Å²) in [6, 6.07) is 9.93. The summed E-state index contributed by atoms with van der Waals surface area (Å²) >= 11 is 0. The van der Waals surface area contributed by atoms with E-state index < -0.39 is 0 Å². The summed E-state index contributed by atoms with van der Waals surface area (Å²) in [7, 11) is 1.82. The van der Waals surface area contributed by atoms with E-state index in [0.29, 0.717) is 0 Å². The number of fused-ring (bicyclic) bond motifs is 1. The van der Waals surface area contributed by atoms with Crippen LogP contribution >= 0.6 is 0 Å². The van der Waals surface area contributed by atoms with Crippen molar-refractivity contribution in [1.82, 2.24) is 4.57 Å². The number of benzene rings is 1. The second kappa shape index (κ2) is 3.29. The maximum atomic E-state index is 11.8. The standard InChI is InChI=1S/C12H13NO/c1-3-9-8-10-6-4-5-7-11(10)13(2)12(9)14/h4-8H,3H2,1-2H3. The lowest BCUT2D eigenvalue weighted by molar-refractivity contribution is 0.876. The Morgan fingerprint density at radius 2 is 2.00 bits per heavy atom. The Hall–Kier alpha value is -1.57. The van der Waals surface area contributed by atoms with Crippen molar-refractivity contribution in [3.05, 3.63) is 46.2 Å². The van der Waals surface area contributed by atoms with Crippen LogP contribution in [-0.4, -0.2) is 4.57 Å². The zero-order chi connectivity index (χ0) is 10.1. The van der Waals surface area contributed by atoms with E-state index in [4.69, 9.17) is 0 Å².